The van der Waals surface area contributed by atoms with Crippen LogP contribution in [-0.4, -0.2) is 30.5 Å². The van der Waals surface area contributed by atoms with Gasteiger partial charge in [0.2, 0.25) is 6.34 Å². The van der Waals surface area contributed by atoms with Gasteiger partial charge in [-0.3, -0.25) is 9.89 Å². The van der Waals surface area contributed by atoms with Crippen LogP contribution in [-0.2, 0) is 0 Å². The van der Waals surface area contributed by atoms with E-state index in [-0.39, 0.29) is 17.0 Å². The van der Waals surface area contributed by atoms with Crippen molar-refractivity contribution < 1.29 is 21.6 Å². The molecule has 1 rings (SSSR count). The highest BCUT2D eigenvalue weighted by Crippen LogP contribution is 2.12. The summed E-state index contributed by atoms with van der Waals surface area (Å²) in [5, 5.41) is 3.27. The molecule has 0 fully saturated rings. The minimum Gasteiger partial charge on any atom is -1.00 e. The van der Waals surface area contributed by atoms with E-state index in [1.165, 1.54) is 103 Å². The maximum absolute atomic E-state index is 3.27. The summed E-state index contributed by atoms with van der Waals surface area (Å²) >= 11 is 0. The number of hydrogen-bond acceptors (Lipinski definition) is 1. The molecule has 1 N–H and O–H groups in total. The van der Waals surface area contributed by atoms with Crippen molar-refractivity contribution in [1.82, 2.24) is 5.32 Å². The van der Waals surface area contributed by atoms with Gasteiger partial charge in [0, 0.05) is 0 Å². The number of nitrogens with one attached hydrogen (secondary N) is 1. The fourth-order valence-electron chi connectivity index (χ4n) is 3.15. The fourth-order valence-corrected chi connectivity index (χ4v) is 3.15. The lowest BCUT2D eigenvalue weighted by Crippen LogP contribution is -3.00. The van der Waals surface area contributed by atoms with Gasteiger partial charge in [0.1, 0.15) is 13.1 Å². The molecule has 0 saturated carbocycles. The number of unbranched alkanes of at least 4 members (excludes halogenated alkanes) is 13. The molecule has 0 bridgehead atoms. The fraction of sp³-hybridized carbons (Fsp3) is 0.947. The monoisotopic (exact) mass is 374 g/mol. The van der Waals surface area contributed by atoms with Gasteiger partial charge in [0.05, 0.1) is 6.54 Å². The Labute approximate surface area is 149 Å². The SMILES string of the molecule is CCCCCCCCCCCCCCCC[N+]1=CNCC1.[Br-]. The Morgan fingerprint density at radius 2 is 1.18 bits per heavy atom. The quantitative estimate of drug-likeness (QED) is 0.342. The van der Waals surface area contributed by atoms with Crippen molar-refractivity contribution in [3.05, 3.63) is 0 Å². The molecule has 2 nitrogen and oxygen atoms in total. The van der Waals surface area contributed by atoms with Gasteiger partial charge < -0.3 is 17.0 Å². The normalized spacial score (nSPS) is 13.6. The predicted molar refractivity (Wildman–Crippen MR) is 94.4 cm³/mol. The van der Waals surface area contributed by atoms with Crippen LogP contribution in [0, 0.1) is 0 Å². The van der Waals surface area contributed by atoms with Gasteiger partial charge in [-0.1, -0.05) is 84.0 Å². The van der Waals surface area contributed by atoms with Crippen LogP contribution in [0.4, 0.5) is 0 Å². The lowest BCUT2D eigenvalue weighted by Gasteiger charge is -2.03. The van der Waals surface area contributed by atoms with Crippen LogP contribution < -0.4 is 22.3 Å². The van der Waals surface area contributed by atoms with Gasteiger partial charge in [-0.25, -0.2) is 0 Å². The first-order valence-corrected chi connectivity index (χ1v) is 9.74. The molecule has 0 spiro atoms. The maximum Gasteiger partial charge on any atom is 0.232 e. The average Bonchev–Trinajstić information content (AvgIpc) is 3.01. The van der Waals surface area contributed by atoms with Gasteiger partial charge >= 0.3 is 0 Å². The summed E-state index contributed by atoms with van der Waals surface area (Å²) in [6.07, 6.45) is 22.4. The van der Waals surface area contributed by atoms with Crippen LogP contribution in [0.15, 0.2) is 0 Å². The smallest absolute Gasteiger partial charge is 0.232 e. The molecule has 0 aliphatic carbocycles. The van der Waals surface area contributed by atoms with E-state index < -0.39 is 0 Å². The molecular formula is C19H39BrN2. The van der Waals surface area contributed by atoms with E-state index in [0.717, 1.165) is 6.54 Å². The summed E-state index contributed by atoms with van der Waals surface area (Å²) in [5.41, 5.74) is 0. The zero-order chi connectivity index (χ0) is 15.0. The summed E-state index contributed by atoms with van der Waals surface area (Å²) in [5.74, 6) is 0. The largest absolute Gasteiger partial charge is 1.00 e. The first-order chi connectivity index (χ1) is 10.4. The Hall–Kier alpha value is -0.0500. The summed E-state index contributed by atoms with van der Waals surface area (Å²) in [6, 6.07) is 0. The second-order valence-electron chi connectivity index (χ2n) is 6.72. The Morgan fingerprint density at radius 1 is 0.727 bits per heavy atom. The topological polar surface area (TPSA) is 15.0 Å². The van der Waals surface area contributed by atoms with Crippen LogP contribution in [0.1, 0.15) is 96.8 Å². The van der Waals surface area contributed by atoms with Crippen LogP contribution >= 0.6 is 0 Å². The van der Waals surface area contributed by atoms with E-state index in [1.54, 1.807) is 0 Å². The molecule has 132 valence electrons. The van der Waals surface area contributed by atoms with Gasteiger partial charge in [0.15, 0.2) is 0 Å². The van der Waals surface area contributed by atoms with Crippen LogP contribution in [0.3, 0.4) is 0 Å². The highest BCUT2D eigenvalue weighted by atomic mass is 79.9. The third-order valence-electron chi connectivity index (χ3n) is 4.62. The van der Waals surface area contributed by atoms with Gasteiger partial charge in [-0.2, -0.15) is 0 Å². The molecule has 0 aromatic rings. The second-order valence-corrected chi connectivity index (χ2v) is 6.72. The molecule has 1 aliphatic rings. The number of halogens is 1. The van der Waals surface area contributed by atoms with Crippen molar-refractivity contribution in [2.45, 2.75) is 96.8 Å². The molecule has 0 unspecified atom stereocenters. The minimum atomic E-state index is 0. The van der Waals surface area contributed by atoms with Crippen molar-refractivity contribution in [1.29, 1.82) is 0 Å². The van der Waals surface area contributed by atoms with E-state index in [2.05, 4.69) is 23.2 Å². The van der Waals surface area contributed by atoms with E-state index in [1.807, 2.05) is 0 Å². The van der Waals surface area contributed by atoms with Crippen LogP contribution in [0.25, 0.3) is 0 Å². The molecule has 0 saturated heterocycles. The molecule has 1 aliphatic heterocycles. The lowest BCUT2D eigenvalue weighted by molar-refractivity contribution is -0.514. The second kappa shape index (κ2) is 17.3. The first-order valence-electron chi connectivity index (χ1n) is 9.74. The van der Waals surface area contributed by atoms with Crippen molar-refractivity contribution in [3.63, 3.8) is 0 Å². The third kappa shape index (κ3) is 13.6. The summed E-state index contributed by atoms with van der Waals surface area (Å²) in [6.45, 7) is 5.89. The summed E-state index contributed by atoms with van der Waals surface area (Å²) < 4.78 is 2.42. The molecule has 0 aromatic carbocycles. The zero-order valence-corrected chi connectivity index (χ0v) is 16.5. The van der Waals surface area contributed by atoms with Crippen molar-refractivity contribution in [3.8, 4) is 0 Å². The van der Waals surface area contributed by atoms with Gasteiger partial charge in [-0.15, -0.1) is 0 Å². The average molecular weight is 375 g/mol. The van der Waals surface area contributed by atoms with E-state index in [4.69, 9.17) is 0 Å². The van der Waals surface area contributed by atoms with Crippen molar-refractivity contribution in [2.24, 2.45) is 0 Å². The Bertz CT molecular complexity index is 254. The minimum absolute atomic E-state index is 0. The zero-order valence-electron chi connectivity index (χ0n) is 14.9. The molecular weight excluding hydrogens is 336 g/mol. The van der Waals surface area contributed by atoms with E-state index in [9.17, 15) is 0 Å². The van der Waals surface area contributed by atoms with E-state index in [0.29, 0.717) is 0 Å². The number of rotatable bonds is 15. The third-order valence-corrected chi connectivity index (χ3v) is 4.62. The van der Waals surface area contributed by atoms with Crippen molar-refractivity contribution in [2.75, 3.05) is 19.6 Å². The molecule has 1 heterocycles. The Balaban J connectivity index is 0.00000441. The molecule has 0 radical (unpaired) electrons. The van der Waals surface area contributed by atoms with Gasteiger partial charge in [0.25, 0.3) is 0 Å². The summed E-state index contributed by atoms with van der Waals surface area (Å²) in [7, 11) is 0. The highest BCUT2D eigenvalue weighted by molar-refractivity contribution is 5.49. The molecule has 0 amide bonds. The van der Waals surface area contributed by atoms with Crippen LogP contribution in [0.2, 0.25) is 0 Å². The van der Waals surface area contributed by atoms with Crippen molar-refractivity contribution >= 4 is 6.34 Å². The predicted octanol–water partition coefficient (Wildman–Crippen LogP) is 2.12. The number of nitrogens with zero attached hydrogens (tertiary/aromatic N) is 1. The van der Waals surface area contributed by atoms with Crippen LogP contribution in [0.5, 0.6) is 0 Å². The molecule has 0 aromatic heterocycles. The van der Waals surface area contributed by atoms with Gasteiger partial charge in [-0.05, 0) is 12.8 Å². The molecule has 3 heteroatoms. The summed E-state index contributed by atoms with van der Waals surface area (Å²) in [4.78, 5) is 0. The Morgan fingerprint density at radius 3 is 1.59 bits per heavy atom. The van der Waals surface area contributed by atoms with E-state index >= 15 is 0 Å². The molecule has 0 atom stereocenters. The molecule has 22 heavy (non-hydrogen) atoms. The number of hydrogen-bond donors (Lipinski definition) is 1. The standard InChI is InChI=1S/C19H38N2.BrH/c1-2-3-4-5-6-7-8-9-10-11-12-13-14-15-17-21-18-16-20-19-21;/h19H,2-18H2,1H3;1H. The highest BCUT2D eigenvalue weighted by Gasteiger charge is 2.06. The first kappa shape index (κ1) is 21.9. The lowest BCUT2D eigenvalue weighted by atomic mass is 10.0. The maximum atomic E-state index is 3.27. The Kier molecular flexibility index (Phi) is 17.3.